The van der Waals surface area contributed by atoms with Crippen LogP contribution in [0.4, 0.5) is 11.5 Å². The van der Waals surface area contributed by atoms with Gasteiger partial charge in [0.15, 0.2) is 12.1 Å². The van der Waals surface area contributed by atoms with Gasteiger partial charge in [0.25, 0.3) is 0 Å². The Labute approximate surface area is 235 Å². The number of aromatic nitrogens is 4. The normalized spacial score (nSPS) is 17.8. The summed E-state index contributed by atoms with van der Waals surface area (Å²) in [6, 6.07) is 7.38. The lowest BCUT2D eigenvalue weighted by molar-refractivity contribution is -0.165. The molecule has 3 aromatic rings. The van der Waals surface area contributed by atoms with Gasteiger partial charge in [-0.3, -0.25) is 14.8 Å². The minimum Gasteiger partial charge on any atom is -0.491 e. The summed E-state index contributed by atoms with van der Waals surface area (Å²) < 4.78 is 17.3. The number of pyridine rings is 2. The summed E-state index contributed by atoms with van der Waals surface area (Å²) in [5.74, 6) is 1.78. The Hall–Kier alpha value is -3.63. The molecule has 0 radical (unpaired) electrons. The second kappa shape index (κ2) is 12.3. The van der Waals surface area contributed by atoms with Crippen molar-refractivity contribution in [2.24, 2.45) is 0 Å². The number of amides is 1. The number of likely N-dealkylation sites (N-methyl/N-ethyl adjacent to an activating group) is 1. The topological polar surface area (TPSA) is 112 Å². The third-order valence-electron chi connectivity index (χ3n) is 7.32. The smallest absolute Gasteiger partial charge is 0.243 e. The van der Waals surface area contributed by atoms with Gasteiger partial charge in [-0.15, -0.1) is 0 Å². The van der Waals surface area contributed by atoms with Gasteiger partial charge in [-0.25, -0.2) is 9.97 Å². The second-order valence-electron chi connectivity index (χ2n) is 11.1. The molecule has 0 bridgehead atoms. The lowest BCUT2D eigenvalue weighted by atomic mass is 9.87. The van der Waals surface area contributed by atoms with Gasteiger partial charge in [-0.05, 0) is 62.6 Å². The average molecular weight is 547 g/mol. The van der Waals surface area contributed by atoms with E-state index in [9.17, 15) is 4.79 Å². The molecule has 0 saturated carbocycles. The molecule has 1 amide bonds. The van der Waals surface area contributed by atoms with Crippen molar-refractivity contribution in [2.75, 3.05) is 43.6 Å². The molecule has 1 unspecified atom stereocenters. The maximum absolute atomic E-state index is 12.9. The minimum atomic E-state index is -0.146. The molecule has 212 valence electrons. The van der Waals surface area contributed by atoms with Gasteiger partial charge in [0, 0.05) is 37.2 Å². The molecule has 4 heterocycles. The molecular weight excluding hydrogens is 508 g/mol. The van der Waals surface area contributed by atoms with Gasteiger partial charge in [-0.2, -0.15) is 0 Å². The molecule has 1 N–H and O–H groups in total. The predicted molar refractivity (Wildman–Crippen MR) is 153 cm³/mol. The molecular formula is C30H38N6O4. The van der Waals surface area contributed by atoms with Crippen molar-refractivity contribution in [1.82, 2.24) is 19.9 Å². The Morgan fingerprint density at radius 1 is 1.18 bits per heavy atom. The summed E-state index contributed by atoms with van der Waals surface area (Å²) in [5, 5.41) is 2.92. The summed E-state index contributed by atoms with van der Waals surface area (Å²) in [6.45, 7) is 8.05. The Kier molecular flexibility index (Phi) is 8.56. The Morgan fingerprint density at radius 2 is 2.05 bits per heavy atom. The maximum Gasteiger partial charge on any atom is 0.243 e. The number of hydrogen-bond donors (Lipinski definition) is 1. The van der Waals surface area contributed by atoms with E-state index in [2.05, 4.69) is 29.1 Å². The highest BCUT2D eigenvalue weighted by atomic mass is 16.7. The van der Waals surface area contributed by atoms with Crippen LogP contribution in [-0.2, 0) is 26.1 Å². The highest BCUT2D eigenvalue weighted by molar-refractivity contribution is 5.94. The number of nitrogens with one attached hydrogen (secondary N) is 1. The second-order valence-corrected chi connectivity index (χ2v) is 11.1. The lowest BCUT2D eigenvalue weighted by Crippen LogP contribution is -2.33. The number of carbonyl (C=O) groups excluding carboxylic acids is 1. The maximum atomic E-state index is 12.9. The van der Waals surface area contributed by atoms with Crippen molar-refractivity contribution in [3.05, 3.63) is 53.6 Å². The molecule has 0 aromatic carbocycles. The third-order valence-corrected chi connectivity index (χ3v) is 7.32. The van der Waals surface area contributed by atoms with Crippen LogP contribution in [0, 0.1) is 6.92 Å². The van der Waals surface area contributed by atoms with Crippen LogP contribution >= 0.6 is 0 Å². The molecule has 1 atom stereocenters. The first-order valence-electron chi connectivity index (χ1n) is 14.0. The zero-order valence-corrected chi connectivity index (χ0v) is 23.8. The summed E-state index contributed by atoms with van der Waals surface area (Å²) in [4.78, 5) is 33.4. The molecule has 0 spiro atoms. The van der Waals surface area contributed by atoms with Crippen LogP contribution in [0.3, 0.4) is 0 Å². The van der Waals surface area contributed by atoms with Crippen molar-refractivity contribution in [3.8, 4) is 17.3 Å². The van der Waals surface area contributed by atoms with Crippen LogP contribution in [0.5, 0.6) is 5.75 Å². The van der Waals surface area contributed by atoms with Crippen molar-refractivity contribution in [1.29, 1.82) is 0 Å². The number of aryl methyl sites for hydroxylation is 2. The van der Waals surface area contributed by atoms with Crippen LogP contribution in [-0.4, -0.2) is 65.5 Å². The summed E-state index contributed by atoms with van der Waals surface area (Å²) >= 11 is 0. The fraction of sp³-hybridized carbons (Fsp3) is 0.500. The molecule has 2 aliphatic rings. The van der Waals surface area contributed by atoms with Crippen molar-refractivity contribution < 1.29 is 19.0 Å². The monoisotopic (exact) mass is 546 g/mol. The van der Waals surface area contributed by atoms with Gasteiger partial charge in [0.05, 0.1) is 30.7 Å². The molecule has 5 rings (SSSR count). The molecule has 1 saturated heterocycles. The van der Waals surface area contributed by atoms with E-state index < -0.39 is 0 Å². The molecule has 3 aromatic heterocycles. The van der Waals surface area contributed by atoms with E-state index in [4.69, 9.17) is 24.2 Å². The third kappa shape index (κ3) is 6.74. The van der Waals surface area contributed by atoms with Crippen molar-refractivity contribution in [2.45, 2.75) is 64.6 Å². The first-order valence-corrected chi connectivity index (χ1v) is 14.0. The van der Waals surface area contributed by atoms with E-state index in [-0.39, 0.29) is 24.2 Å². The summed E-state index contributed by atoms with van der Waals surface area (Å²) in [6.07, 6.45) is 8.17. The van der Waals surface area contributed by atoms with Crippen LogP contribution in [0.25, 0.3) is 11.5 Å². The van der Waals surface area contributed by atoms with Crippen molar-refractivity contribution >= 4 is 17.4 Å². The fourth-order valence-corrected chi connectivity index (χ4v) is 5.15. The zero-order chi connectivity index (χ0) is 28.1. The Bertz CT molecular complexity index is 1320. The lowest BCUT2D eigenvalue weighted by Gasteiger charge is -2.27. The zero-order valence-electron chi connectivity index (χ0n) is 23.8. The van der Waals surface area contributed by atoms with Gasteiger partial charge in [0.2, 0.25) is 5.91 Å². The minimum absolute atomic E-state index is 0.102. The van der Waals surface area contributed by atoms with E-state index in [1.807, 2.05) is 43.1 Å². The molecule has 40 heavy (non-hydrogen) atoms. The van der Waals surface area contributed by atoms with Gasteiger partial charge in [0.1, 0.15) is 23.9 Å². The van der Waals surface area contributed by atoms with E-state index in [1.165, 1.54) is 0 Å². The fourth-order valence-electron chi connectivity index (χ4n) is 5.15. The number of ether oxygens (including phenoxy) is 3. The molecule has 1 aliphatic carbocycles. The standard InChI is InChI=1S/C30H38N6O4/c1-20-8-9-21(18-32-20)33-25(37)19-36(4)29-27-23(10-12-30(27,2)3)34-28(35-29)24-17-22(11-13-31-24)38-15-16-40-26-7-5-6-14-39-26/h8-9,11,13,17-18,26H,5-7,10,12,14-16,19H2,1-4H3,(H,33,37). The van der Waals surface area contributed by atoms with E-state index in [0.29, 0.717) is 36.2 Å². The van der Waals surface area contributed by atoms with Gasteiger partial charge >= 0.3 is 0 Å². The van der Waals surface area contributed by atoms with Crippen LogP contribution in [0.1, 0.15) is 56.5 Å². The van der Waals surface area contributed by atoms with E-state index in [0.717, 1.165) is 61.5 Å². The number of fused-ring (bicyclic) bond motifs is 1. The highest BCUT2D eigenvalue weighted by Crippen LogP contribution is 2.43. The first kappa shape index (κ1) is 27.9. The predicted octanol–water partition coefficient (Wildman–Crippen LogP) is 4.46. The quantitative estimate of drug-likeness (QED) is 0.368. The number of hydrogen-bond acceptors (Lipinski definition) is 9. The SMILES string of the molecule is Cc1ccc(NC(=O)CN(C)c2nc(-c3cc(OCCOC4CCCCO4)ccn3)nc3c2C(C)(C)CC3)cn1. The van der Waals surface area contributed by atoms with Crippen molar-refractivity contribution in [3.63, 3.8) is 0 Å². The highest BCUT2D eigenvalue weighted by Gasteiger charge is 2.36. The first-order chi connectivity index (χ1) is 19.3. The van der Waals surface area contributed by atoms with Crippen LogP contribution in [0.15, 0.2) is 36.7 Å². The average Bonchev–Trinajstić information content (AvgIpc) is 3.27. The van der Waals surface area contributed by atoms with Crippen LogP contribution in [0.2, 0.25) is 0 Å². The number of nitrogens with zero attached hydrogens (tertiary/aromatic N) is 5. The summed E-state index contributed by atoms with van der Waals surface area (Å²) in [5.41, 5.74) is 4.15. The van der Waals surface area contributed by atoms with Gasteiger partial charge < -0.3 is 24.4 Å². The van der Waals surface area contributed by atoms with E-state index in [1.54, 1.807) is 12.4 Å². The van der Waals surface area contributed by atoms with Crippen LogP contribution < -0.4 is 15.0 Å². The number of carbonyl (C=O) groups is 1. The molecule has 1 fully saturated rings. The Balaban J connectivity index is 1.31. The number of rotatable bonds is 10. The van der Waals surface area contributed by atoms with Gasteiger partial charge in [-0.1, -0.05) is 13.8 Å². The summed E-state index contributed by atoms with van der Waals surface area (Å²) in [7, 11) is 1.89. The van der Waals surface area contributed by atoms with E-state index >= 15 is 0 Å². The molecule has 10 heteroatoms. The Morgan fingerprint density at radius 3 is 2.83 bits per heavy atom. The molecule has 1 aliphatic heterocycles. The number of anilines is 2. The largest absolute Gasteiger partial charge is 0.491 e. The molecule has 10 nitrogen and oxygen atoms in total.